The quantitative estimate of drug-likeness (QED) is 0.211. The Morgan fingerprint density at radius 1 is 1.09 bits per heavy atom. The van der Waals surface area contributed by atoms with Crippen molar-refractivity contribution in [2.45, 2.75) is 51.2 Å². The van der Waals surface area contributed by atoms with E-state index in [-0.39, 0.29) is 61.3 Å². The number of aryl methyl sites for hydroxylation is 1. The number of ether oxygens (including phenoxy) is 1. The molecule has 1 aromatic heterocycles. The molecule has 0 aliphatic carbocycles. The lowest BCUT2D eigenvalue weighted by molar-refractivity contribution is -0.116. The van der Waals surface area contributed by atoms with Crippen molar-refractivity contribution < 1.29 is 34.1 Å². The molecule has 0 bridgehead atoms. The molecule has 0 unspecified atom stereocenters. The van der Waals surface area contributed by atoms with Gasteiger partial charge in [0.1, 0.15) is 12.4 Å². The fourth-order valence-electron chi connectivity index (χ4n) is 5.41. The van der Waals surface area contributed by atoms with E-state index in [1.165, 1.54) is 0 Å². The van der Waals surface area contributed by atoms with E-state index >= 15 is 0 Å². The fraction of sp³-hybridized carbons (Fsp3) is 0.375. The Morgan fingerprint density at radius 2 is 1.89 bits per heavy atom. The predicted octanol–water partition coefficient (Wildman–Crippen LogP) is 3.02. The molecular weight excluding hydrogens is 566 g/mol. The molecule has 3 N–H and O–H groups in total. The number of hydrogen-bond acceptors (Lipinski definition) is 9. The zero-order valence-electron chi connectivity index (χ0n) is 24.5. The second kappa shape index (κ2) is 13.7. The van der Waals surface area contributed by atoms with Crippen LogP contribution >= 0.6 is 0 Å². The average Bonchev–Trinajstić information content (AvgIpc) is 3.34. The maximum absolute atomic E-state index is 13.2. The number of carbonyl (C=O) groups is 4. The molecule has 230 valence electrons. The van der Waals surface area contributed by atoms with E-state index in [2.05, 4.69) is 15.3 Å². The van der Waals surface area contributed by atoms with Crippen molar-refractivity contribution in [3.05, 3.63) is 70.7 Å². The monoisotopic (exact) mass is 601 g/mol. The first-order valence-electron chi connectivity index (χ1n) is 14.6. The van der Waals surface area contributed by atoms with Gasteiger partial charge in [0.2, 0.25) is 11.7 Å². The Morgan fingerprint density at radius 3 is 2.64 bits per heavy atom. The number of benzene rings is 2. The van der Waals surface area contributed by atoms with Crippen molar-refractivity contribution in [1.29, 1.82) is 0 Å². The van der Waals surface area contributed by atoms with E-state index in [4.69, 9.17) is 9.84 Å². The number of ketones is 2. The van der Waals surface area contributed by atoms with Crippen molar-refractivity contribution in [2.75, 3.05) is 25.1 Å². The van der Waals surface area contributed by atoms with Gasteiger partial charge >= 0.3 is 0 Å². The lowest BCUT2D eigenvalue weighted by Gasteiger charge is -2.32. The summed E-state index contributed by atoms with van der Waals surface area (Å²) in [7, 11) is 1.66. The summed E-state index contributed by atoms with van der Waals surface area (Å²) in [5, 5.41) is 21.6. The van der Waals surface area contributed by atoms with Crippen LogP contribution in [0.15, 0.2) is 47.6 Å². The summed E-state index contributed by atoms with van der Waals surface area (Å²) < 4.78 is 7.43. The number of nitrogens with one attached hydrogen (secondary N) is 1. The molecule has 0 radical (unpaired) electrons. The Kier molecular flexibility index (Phi) is 9.61. The summed E-state index contributed by atoms with van der Waals surface area (Å²) in [6.07, 6.45) is 6.81. The number of hydrogen-bond donors (Lipinski definition) is 3. The summed E-state index contributed by atoms with van der Waals surface area (Å²) in [6, 6.07) is 9.71. The van der Waals surface area contributed by atoms with Crippen LogP contribution in [0, 0.1) is 0 Å². The highest BCUT2D eigenvalue weighted by atomic mass is 16.5. The average molecular weight is 602 g/mol. The van der Waals surface area contributed by atoms with Gasteiger partial charge in [-0.05, 0) is 37.3 Å². The van der Waals surface area contributed by atoms with Crippen LogP contribution in [0.25, 0.3) is 0 Å². The van der Waals surface area contributed by atoms with Crippen molar-refractivity contribution in [3.8, 4) is 5.75 Å². The van der Waals surface area contributed by atoms with Gasteiger partial charge in [0.15, 0.2) is 17.4 Å². The van der Waals surface area contributed by atoms with E-state index in [0.717, 1.165) is 19.3 Å². The van der Waals surface area contributed by atoms with Crippen LogP contribution in [0.4, 0.5) is 11.5 Å². The second-order valence-electron chi connectivity index (χ2n) is 10.9. The number of rotatable bonds is 12. The van der Waals surface area contributed by atoms with Crippen molar-refractivity contribution in [3.63, 3.8) is 0 Å². The van der Waals surface area contributed by atoms with E-state index in [9.17, 15) is 24.3 Å². The van der Waals surface area contributed by atoms with Crippen LogP contribution in [0.5, 0.6) is 5.75 Å². The Hall–Kier alpha value is -4.68. The van der Waals surface area contributed by atoms with Gasteiger partial charge in [-0.1, -0.05) is 24.3 Å². The van der Waals surface area contributed by atoms with Crippen LogP contribution in [0.1, 0.15) is 74.6 Å². The number of carbonyl (C=O) groups excluding carboxylic acids is 4. The third-order valence-electron chi connectivity index (χ3n) is 7.76. The maximum Gasteiger partial charge on any atom is 0.256 e. The first-order valence-corrected chi connectivity index (χ1v) is 14.6. The largest absolute Gasteiger partial charge is 0.493 e. The number of amides is 2. The molecule has 3 aromatic rings. The van der Waals surface area contributed by atoms with Gasteiger partial charge < -0.3 is 29.7 Å². The molecule has 1 atom stereocenters. The molecular formula is C32H35N5O7. The van der Waals surface area contributed by atoms with Gasteiger partial charge in [-0.3, -0.25) is 24.2 Å². The number of aromatic nitrogens is 2. The molecule has 12 nitrogen and oxygen atoms in total. The zero-order chi connectivity index (χ0) is 31.2. The minimum atomic E-state index is -0.579. The van der Waals surface area contributed by atoms with Crippen molar-refractivity contribution >= 4 is 41.1 Å². The van der Waals surface area contributed by atoms with Crippen LogP contribution in [-0.4, -0.2) is 80.1 Å². The van der Waals surface area contributed by atoms with E-state index < -0.39 is 12.4 Å². The Bertz CT molecular complexity index is 1590. The first kappa shape index (κ1) is 30.8. The number of aliphatic imine (C=N–C) groups is 1. The van der Waals surface area contributed by atoms with Gasteiger partial charge in [0.25, 0.3) is 5.91 Å². The van der Waals surface area contributed by atoms with E-state index in [1.54, 1.807) is 54.2 Å². The van der Waals surface area contributed by atoms with Crippen LogP contribution in [0.2, 0.25) is 0 Å². The minimum absolute atomic E-state index is 0.0271. The molecule has 2 aromatic carbocycles. The highest BCUT2D eigenvalue weighted by Gasteiger charge is 2.31. The summed E-state index contributed by atoms with van der Waals surface area (Å²) in [5.41, 5.74) is 2.48. The third-order valence-corrected chi connectivity index (χ3v) is 7.76. The molecule has 1 saturated heterocycles. The SMILES string of the molecule is Cn1cc(NC(=O)CCCOc2cc3c(cc2CO)C(=O)N2CCCC[C@H]2C=N3)nc1C(=O)Cc1ccc(C(=O)CO)cc1. The molecule has 0 spiro atoms. The maximum atomic E-state index is 13.2. The lowest BCUT2D eigenvalue weighted by Crippen LogP contribution is -2.43. The number of fused-ring (bicyclic) bond motifs is 2. The number of aliphatic hydroxyl groups is 2. The highest BCUT2D eigenvalue weighted by molar-refractivity contribution is 6.03. The molecule has 44 heavy (non-hydrogen) atoms. The number of aliphatic hydroxyl groups excluding tert-OH is 2. The summed E-state index contributed by atoms with van der Waals surface area (Å²) in [4.78, 5) is 60.8. The van der Waals surface area contributed by atoms with E-state index in [0.29, 0.717) is 46.7 Å². The fourth-order valence-corrected chi connectivity index (χ4v) is 5.41. The van der Waals surface area contributed by atoms with Crippen molar-refractivity contribution in [1.82, 2.24) is 14.5 Å². The Labute approximate surface area is 254 Å². The molecule has 2 aliphatic heterocycles. The van der Waals surface area contributed by atoms with Gasteiger partial charge in [-0.15, -0.1) is 0 Å². The Balaban J connectivity index is 1.13. The smallest absolute Gasteiger partial charge is 0.256 e. The number of imidazole rings is 1. The van der Waals surface area contributed by atoms with Crippen LogP contribution < -0.4 is 10.1 Å². The number of anilines is 1. The first-order chi connectivity index (χ1) is 21.3. The minimum Gasteiger partial charge on any atom is -0.493 e. The van der Waals surface area contributed by atoms with E-state index in [1.807, 2.05) is 11.1 Å². The number of piperidine rings is 1. The molecule has 0 saturated carbocycles. The summed E-state index contributed by atoms with van der Waals surface area (Å²) in [5.74, 6) is -0.208. The summed E-state index contributed by atoms with van der Waals surface area (Å²) >= 11 is 0. The number of Topliss-reactive ketones (excluding diaryl/α,β-unsaturated/α-hetero) is 2. The molecule has 2 amide bonds. The molecule has 5 rings (SSSR count). The van der Waals surface area contributed by atoms with Gasteiger partial charge in [-0.25, -0.2) is 4.98 Å². The molecule has 12 heteroatoms. The lowest BCUT2D eigenvalue weighted by atomic mass is 10.0. The highest BCUT2D eigenvalue weighted by Crippen LogP contribution is 2.34. The predicted molar refractivity (Wildman–Crippen MR) is 162 cm³/mol. The second-order valence-corrected chi connectivity index (χ2v) is 10.9. The topological polar surface area (TPSA) is 163 Å². The summed E-state index contributed by atoms with van der Waals surface area (Å²) in [6.45, 7) is -0.00530. The van der Waals surface area contributed by atoms with Crippen LogP contribution in [0.3, 0.4) is 0 Å². The van der Waals surface area contributed by atoms with Crippen molar-refractivity contribution in [2.24, 2.45) is 12.0 Å². The third kappa shape index (κ3) is 6.92. The molecule has 3 heterocycles. The zero-order valence-corrected chi connectivity index (χ0v) is 24.5. The van der Waals surface area contributed by atoms with Gasteiger partial charge in [0, 0.05) is 56.0 Å². The standard InChI is InChI=1S/C32H35N5O7/c1-36-17-29(35-31(36)26(40)13-20-7-9-21(10-8-20)27(41)19-39)34-30(42)6-4-12-44-28-15-25-24(14-22(28)18-38)32(43)37-11-3-2-5-23(37)16-33-25/h7-10,14-17,23,38-39H,2-6,11-13,18-19H2,1H3,(H,34,42)/t23-/m0/s1. The van der Waals surface area contributed by atoms with Gasteiger partial charge in [-0.2, -0.15) is 0 Å². The molecule has 1 fully saturated rings. The molecule has 2 aliphatic rings. The van der Waals surface area contributed by atoms with Gasteiger partial charge in [0.05, 0.1) is 30.5 Å². The normalized spacial score (nSPS) is 15.8. The van der Waals surface area contributed by atoms with Crippen LogP contribution in [-0.2, 0) is 24.9 Å². The number of nitrogens with zero attached hydrogens (tertiary/aromatic N) is 4.